The van der Waals surface area contributed by atoms with Gasteiger partial charge in [0.25, 0.3) is 0 Å². The topological polar surface area (TPSA) is 102 Å². The van der Waals surface area contributed by atoms with Crippen LogP contribution in [0.25, 0.3) is 5.82 Å². The van der Waals surface area contributed by atoms with Gasteiger partial charge in [0.2, 0.25) is 10.0 Å². The summed E-state index contributed by atoms with van der Waals surface area (Å²) in [6.07, 6.45) is 3.42. The number of anilines is 1. The molecule has 0 fully saturated rings. The van der Waals surface area contributed by atoms with Crippen LogP contribution in [0.15, 0.2) is 41.6 Å². The molecule has 0 amide bonds. The van der Waals surface area contributed by atoms with E-state index < -0.39 is 26.6 Å². The Balaban J connectivity index is 1.65. The number of rotatable bonds is 7. The lowest BCUT2D eigenvalue weighted by Crippen LogP contribution is -2.29. The first-order valence-electron chi connectivity index (χ1n) is 8.31. The molecule has 3 aromatic rings. The maximum Gasteiger partial charge on any atom is 0.243 e. The van der Waals surface area contributed by atoms with Crippen LogP contribution in [0.1, 0.15) is 11.6 Å². The molecule has 1 aromatic carbocycles. The molecule has 0 radical (unpaired) electrons. The van der Waals surface area contributed by atoms with Crippen molar-refractivity contribution in [1.82, 2.24) is 24.2 Å². The molecule has 0 atom stereocenters. The molecule has 0 aliphatic heterocycles. The lowest BCUT2D eigenvalue weighted by Gasteiger charge is -2.11. The minimum Gasteiger partial charge on any atom is -0.369 e. The second-order valence-corrected chi connectivity index (χ2v) is 7.64. The predicted octanol–water partition coefficient (Wildman–Crippen LogP) is 1.95. The molecule has 0 bridgehead atoms. The van der Waals surface area contributed by atoms with Crippen LogP contribution in [-0.4, -0.2) is 41.0 Å². The summed E-state index contributed by atoms with van der Waals surface area (Å²) in [6.45, 7) is 3.69. The molecule has 0 spiro atoms. The van der Waals surface area contributed by atoms with E-state index in [0.717, 1.165) is 18.0 Å². The van der Waals surface area contributed by atoms with Gasteiger partial charge in [0.05, 0.1) is 0 Å². The zero-order valence-electron chi connectivity index (χ0n) is 15.1. The number of nitrogens with zero attached hydrogens (tertiary/aromatic N) is 4. The Bertz CT molecular complexity index is 1100. The fraction of sp³-hybridized carbons (Fsp3) is 0.235. The summed E-state index contributed by atoms with van der Waals surface area (Å²) >= 11 is 0. The molecule has 2 aromatic heterocycles. The van der Waals surface area contributed by atoms with Crippen molar-refractivity contribution in [3.05, 3.63) is 59.9 Å². The summed E-state index contributed by atoms with van der Waals surface area (Å²) in [7, 11) is -4.18. The van der Waals surface area contributed by atoms with Crippen molar-refractivity contribution in [2.24, 2.45) is 0 Å². The number of nitrogens with one attached hydrogen (secondary N) is 2. The van der Waals surface area contributed by atoms with Crippen LogP contribution in [-0.2, 0) is 10.0 Å². The lowest BCUT2D eigenvalue weighted by atomic mass is 10.3. The third-order valence-electron chi connectivity index (χ3n) is 3.80. The number of aromatic nitrogens is 4. The summed E-state index contributed by atoms with van der Waals surface area (Å²) in [5, 5.41) is 2.98. The van der Waals surface area contributed by atoms with Crippen molar-refractivity contribution in [2.45, 2.75) is 18.7 Å². The van der Waals surface area contributed by atoms with Gasteiger partial charge in [-0.15, -0.1) is 0 Å². The fourth-order valence-electron chi connectivity index (χ4n) is 2.52. The quantitative estimate of drug-likeness (QED) is 0.580. The molecule has 2 N–H and O–H groups in total. The molecular formula is C17H18F2N6O2S. The maximum absolute atomic E-state index is 13.7. The molecule has 0 aliphatic carbocycles. The Morgan fingerprint density at radius 1 is 1.11 bits per heavy atom. The van der Waals surface area contributed by atoms with Gasteiger partial charge in [-0.05, 0) is 32.0 Å². The largest absolute Gasteiger partial charge is 0.369 e. The summed E-state index contributed by atoms with van der Waals surface area (Å²) in [4.78, 5) is 12.0. The van der Waals surface area contributed by atoms with Gasteiger partial charge in [-0.3, -0.25) is 4.57 Å². The molecule has 8 nitrogen and oxygen atoms in total. The molecule has 0 saturated carbocycles. The average Bonchev–Trinajstić information content (AvgIpc) is 3.06. The van der Waals surface area contributed by atoms with E-state index in [4.69, 9.17) is 0 Å². The lowest BCUT2D eigenvalue weighted by molar-refractivity contribution is 0.546. The predicted molar refractivity (Wildman–Crippen MR) is 98.7 cm³/mol. The van der Waals surface area contributed by atoms with Crippen LogP contribution in [0.3, 0.4) is 0 Å². The van der Waals surface area contributed by atoms with Crippen LogP contribution >= 0.6 is 0 Å². The van der Waals surface area contributed by atoms with E-state index in [1.54, 1.807) is 30.0 Å². The third-order valence-corrected chi connectivity index (χ3v) is 5.28. The van der Waals surface area contributed by atoms with Crippen LogP contribution in [0.2, 0.25) is 0 Å². The summed E-state index contributed by atoms with van der Waals surface area (Å²) in [5.41, 5.74) is 0. The molecule has 0 aliphatic rings. The van der Waals surface area contributed by atoms with E-state index in [2.05, 4.69) is 25.0 Å². The molecule has 11 heteroatoms. The van der Waals surface area contributed by atoms with Crippen molar-refractivity contribution in [3.63, 3.8) is 0 Å². The highest BCUT2D eigenvalue weighted by molar-refractivity contribution is 7.89. The van der Waals surface area contributed by atoms with Crippen molar-refractivity contribution in [1.29, 1.82) is 0 Å². The second kappa shape index (κ2) is 7.98. The molecule has 0 saturated heterocycles. The van der Waals surface area contributed by atoms with E-state index >= 15 is 0 Å². The Labute approximate surface area is 160 Å². The molecule has 148 valence electrons. The Kier molecular flexibility index (Phi) is 5.66. The average molecular weight is 408 g/mol. The zero-order chi connectivity index (χ0) is 20.3. The Morgan fingerprint density at radius 3 is 2.61 bits per heavy atom. The number of sulfonamides is 1. The van der Waals surface area contributed by atoms with E-state index in [1.807, 2.05) is 6.92 Å². The number of hydrogen-bond donors (Lipinski definition) is 2. The smallest absolute Gasteiger partial charge is 0.243 e. The SMILES string of the molecule is Cc1nc(NCCNS(=O)(=O)c2cc(F)ccc2F)cc(-n2ccnc2C)n1. The van der Waals surface area contributed by atoms with Gasteiger partial charge in [-0.1, -0.05) is 0 Å². The monoisotopic (exact) mass is 408 g/mol. The molecular weight excluding hydrogens is 390 g/mol. The highest BCUT2D eigenvalue weighted by Crippen LogP contribution is 2.16. The first-order valence-corrected chi connectivity index (χ1v) is 9.79. The molecule has 2 heterocycles. The standard InChI is InChI=1S/C17H18F2N6O2S/c1-11-23-16(10-17(24-11)25-8-7-20-12(25)2)21-5-6-22-28(26,27)15-9-13(18)3-4-14(15)19/h3-4,7-10,22H,5-6H2,1-2H3,(H,21,23,24). The van der Waals surface area contributed by atoms with E-state index in [0.29, 0.717) is 23.5 Å². The number of imidazole rings is 1. The maximum atomic E-state index is 13.7. The Hall–Kier alpha value is -2.92. The number of benzene rings is 1. The third kappa shape index (κ3) is 4.49. The van der Waals surface area contributed by atoms with Gasteiger partial charge >= 0.3 is 0 Å². The number of aryl methyl sites for hydroxylation is 2. The molecule has 0 unspecified atom stereocenters. The minimum atomic E-state index is -4.18. The van der Waals surface area contributed by atoms with Crippen LogP contribution < -0.4 is 10.0 Å². The van der Waals surface area contributed by atoms with E-state index in [1.165, 1.54) is 0 Å². The van der Waals surface area contributed by atoms with Gasteiger partial charge in [0.15, 0.2) is 0 Å². The van der Waals surface area contributed by atoms with Crippen molar-refractivity contribution in [3.8, 4) is 5.82 Å². The summed E-state index contributed by atoms with van der Waals surface area (Å²) in [6, 6.07) is 3.96. The van der Waals surface area contributed by atoms with Crippen LogP contribution in [0.5, 0.6) is 0 Å². The highest BCUT2D eigenvalue weighted by Gasteiger charge is 2.19. The molecule has 28 heavy (non-hydrogen) atoms. The number of hydrogen-bond acceptors (Lipinski definition) is 6. The van der Waals surface area contributed by atoms with E-state index in [-0.39, 0.29) is 13.1 Å². The van der Waals surface area contributed by atoms with Crippen molar-refractivity contribution < 1.29 is 17.2 Å². The fourth-order valence-corrected chi connectivity index (χ4v) is 3.64. The van der Waals surface area contributed by atoms with Crippen LogP contribution in [0, 0.1) is 25.5 Å². The summed E-state index contributed by atoms with van der Waals surface area (Å²) < 4.78 is 55.2. The van der Waals surface area contributed by atoms with Gasteiger partial charge in [-0.2, -0.15) is 0 Å². The summed E-state index contributed by atoms with van der Waals surface area (Å²) in [5.74, 6) is 0.538. The van der Waals surface area contributed by atoms with Gasteiger partial charge in [0, 0.05) is 31.5 Å². The number of halogens is 2. The minimum absolute atomic E-state index is 0.0548. The van der Waals surface area contributed by atoms with Gasteiger partial charge < -0.3 is 5.32 Å². The van der Waals surface area contributed by atoms with Crippen molar-refractivity contribution >= 4 is 15.8 Å². The van der Waals surface area contributed by atoms with Gasteiger partial charge in [-0.25, -0.2) is 36.9 Å². The normalized spacial score (nSPS) is 11.6. The zero-order valence-corrected chi connectivity index (χ0v) is 16.0. The first-order chi connectivity index (χ1) is 13.3. The Morgan fingerprint density at radius 2 is 1.89 bits per heavy atom. The van der Waals surface area contributed by atoms with E-state index in [9.17, 15) is 17.2 Å². The first kappa shape index (κ1) is 19.8. The van der Waals surface area contributed by atoms with Crippen LogP contribution in [0.4, 0.5) is 14.6 Å². The molecule has 3 rings (SSSR count). The highest BCUT2D eigenvalue weighted by atomic mass is 32.2. The van der Waals surface area contributed by atoms with Gasteiger partial charge in [0.1, 0.15) is 39.8 Å². The van der Waals surface area contributed by atoms with Crippen molar-refractivity contribution in [2.75, 3.05) is 18.4 Å². The second-order valence-electron chi connectivity index (χ2n) is 5.90.